The van der Waals surface area contributed by atoms with Crippen LogP contribution in [0.25, 0.3) is 11.3 Å². The SMILES string of the molecule is C=C/C(C)=C(\C=C/C)c1cc2c(cc1C)N1C=C(C(=O)Nc3ccncc3)C(=C)C(=C/C(F)=C\2NCCCN2CCCCC2)/C1=C/C. The first-order chi connectivity index (χ1) is 22.8. The van der Waals surface area contributed by atoms with Gasteiger partial charge in [0.05, 0.1) is 17.0 Å². The molecule has 0 spiro atoms. The summed E-state index contributed by atoms with van der Waals surface area (Å²) in [6, 6.07) is 7.61. The Bertz CT molecular complexity index is 1730. The van der Waals surface area contributed by atoms with Crippen molar-refractivity contribution in [3.8, 4) is 0 Å². The van der Waals surface area contributed by atoms with E-state index in [1.165, 1.54) is 25.3 Å². The maximum absolute atomic E-state index is 16.8. The number of hydrogen-bond acceptors (Lipinski definition) is 5. The number of piperidine rings is 1. The Hall–Kier alpha value is -4.75. The van der Waals surface area contributed by atoms with E-state index in [2.05, 4.69) is 58.8 Å². The number of rotatable bonds is 10. The van der Waals surface area contributed by atoms with E-state index in [-0.39, 0.29) is 5.91 Å². The van der Waals surface area contributed by atoms with Crippen LogP contribution < -0.4 is 15.5 Å². The highest BCUT2D eigenvalue weighted by Gasteiger charge is 2.33. The number of pyridine rings is 1. The van der Waals surface area contributed by atoms with Gasteiger partial charge in [-0.15, -0.1) is 0 Å². The zero-order valence-corrected chi connectivity index (χ0v) is 28.1. The highest BCUT2D eigenvalue weighted by molar-refractivity contribution is 6.09. The van der Waals surface area contributed by atoms with Crippen molar-refractivity contribution in [1.82, 2.24) is 15.2 Å². The monoisotopic (exact) mass is 631 g/mol. The molecule has 0 aliphatic carbocycles. The molecule has 2 N–H and O–H groups in total. The van der Waals surface area contributed by atoms with E-state index < -0.39 is 5.83 Å². The van der Waals surface area contributed by atoms with E-state index in [4.69, 9.17) is 0 Å². The molecule has 1 aromatic carbocycles. The second-order valence-corrected chi connectivity index (χ2v) is 12.2. The van der Waals surface area contributed by atoms with Crippen LogP contribution in [0.4, 0.5) is 15.8 Å². The van der Waals surface area contributed by atoms with Crippen LogP contribution in [-0.2, 0) is 4.79 Å². The average molecular weight is 632 g/mol. The van der Waals surface area contributed by atoms with Crippen molar-refractivity contribution in [3.63, 3.8) is 0 Å². The number of carbonyl (C=O) groups is 1. The lowest BCUT2D eigenvalue weighted by atomic mass is 9.87. The van der Waals surface area contributed by atoms with Gasteiger partial charge in [0.2, 0.25) is 0 Å². The van der Waals surface area contributed by atoms with Crippen LogP contribution in [0.2, 0.25) is 0 Å². The smallest absolute Gasteiger partial charge is 0.257 e. The van der Waals surface area contributed by atoms with E-state index in [1.807, 2.05) is 50.1 Å². The Balaban J connectivity index is 1.65. The van der Waals surface area contributed by atoms with Crippen molar-refractivity contribution in [2.24, 2.45) is 0 Å². The van der Waals surface area contributed by atoms with Gasteiger partial charge in [-0.25, -0.2) is 4.39 Å². The number of halogens is 1. The summed E-state index contributed by atoms with van der Waals surface area (Å²) in [6.45, 7) is 20.2. The molecule has 7 heteroatoms. The number of allylic oxidation sites excluding steroid dienone is 9. The topological polar surface area (TPSA) is 60.5 Å². The third-order valence-corrected chi connectivity index (χ3v) is 9.04. The van der Waals surface area contributed by atoms with Gasteiger partial charge in [0, 0.05) is 47.7 Å². The van der Waals surface area contributed by atoms with Crippen molar-refractivity contribution in [1.29, 1.82) is 0 Å². The fraction of sp³-hybridized carbons (Fsp3) is 0.300. The van der Waals surface area contributed by atoms with Crippen LogP contribution in [0.1, 0.15) is 63.1 Å². The van der Waals surface area contributed by atoms with Crippen molar-refractivity contribution >= 4 is 28.6 Å². The molecule has 47 heavy (non-hydrogen) atoms. The third kappa shape index (κ3) is 7.31. The quantitative estimate of drug-likeness (QED) is 0.203. The summed E-state index contributed by atoms with van der Waals surface area (Å²) in [7, 11) is 0. The average Bonchev–Trinajstić information content (AvgIpc) is 3.08. The third-order valence-electron chi connectivity index (χ3n) is 9.04. The lowest BCUT2D eigenvalue weighted by Gasteiger charge is -2.36. The first kappa shape index (κ1) is 33.6. The molecule has 1 amide bonds. The summed E-state index contributed by atoms with van der Waals surface area (Å²) < 4.78 is 16.8. The zero-order valence-electron chi connectivity index (χ0n) is 28.1. The molecule has 6 nitrogen and oxygen atoms in total. The number of carbonyl (C=O) groups excluding carboxylic acids is 1. The largest absolute Gasteiger partial charge is 0.382 e. The maximum atomic E-state index is 16.8. The van der Waals surface area contributed by atoms with Gasteiger partial charge in [-0.1, -0.05) is 43.9 Å². The van der Waals surface area contributed by atoms with E-state index in [1.54, 1.807) is 24.5 Å². The van der Waals surface area contributed by atoms with Crippen LogP contribution in [0.5, 0.6) is 0 Å². The number of nitrogens with zero attached hydrogens (tertiary/aromatic N) is 3. The van der Waals surface area contributed by atoms with E-state index >= 15 is 4.39 Å². The second kappa shape index (κ2) is 15.2. The standard InChI is InChI=1S/C40H46FN5O/c1-7-14-31(27(4)8-2)32-24-34-38(23-28(32)5)46-26-35(40(47)44-30-15-18-42-19-16-30)29(6)33(37(46)9-3)25-36(41)39(34)43-17-13-22-45-20-11-10-12-21-45/h7-9,14-16,18-19,23-26,43H,2,6,10-13,17,20-22H2,1,3-5H3,(H,42,44,47)/b14-7-,31-27+,33-25-,37-9-,39-36-. The minimum atomic E-state index is -0.401. The first-order valence-corrected chi connectivity index (χ1v) is 16.5. The molecule has 1 fully saturated rings. The van der Waals surface area contributed by atoms with Crippen molar-refractivity contribution in [2.75, 3.05) is 36.4 Å². The predicted octanol–water partition coefficient (Wildman–Crippen LogP) is 8.77. The number of fused-ring (bicyclic) bond motifs is 4. The molecule has 0 unspecified atom stereocenters. The number of aromatic nitrogens is 1. The molecule has 0 atom stereocenters. The molecule has 2 aromatic rings. The minimum Gasteiger partial charge on any atom is -0.382 e. The lowest BCUT2D eigenvalue weighted by Crippen LogP contribution is -2.32. The van der Waals surface area contributed by atoms with Crippen LogP contribution >= 0.6 is 0 Å². The van der Waals surface area contributed by atoms with Gasteiger partial charge < -0.3 is 20.4 Å². The predicted molar refractivity (Wildman–Crippen MR) is 194 cm³/mol. The summed E-state index contributed by atoms with van der Waals surface area (Å²) in [5, 5.41) is 6.44. The summed E-state index contributed by atoms with van der Waals surface area (Å²) in [5.41, 5.74) is 8.73. The van der Waals surface area contributed by atoms with Crippen LogP contribution in [0, 0.1) is 6.92 Å². The van der Waals surface area contributed by atoms with Crippen LogP contribution in [0.3, 0.4) is 0 Å². The van der Waals surface area contributed by atoms with Gasteiger partial charge in [-0.2, -0.15) is 0 Å². The van der Waals surface area contributed by atoms with Crippen molar-refractivity contribution in [2.45, 2.75) is 53.4 Å². The molecule has 244 valence electrons. The Kier molecular flexibility index (Phi) is 10.9. The molecular weight excluding hydrogens is 585 g/mol. The Morgan fingerprint density at radius 2 is 1.87 bits per heavy atom. The number of amides is 1. The number of anilines is 2. The molecule has 5 rings (SSSR count). The fourth-order valence-electron chi connectivity index (χ4n) is 6.49. The number of aryl methyl sites for hydroxylation is 1. The summed E-state index contributed by atoms with van der Waals surface area (Å²) in [4.78, 5) is 22.2. The molecule has 3 aliphatic rings. The number of nitrogens with one attached hydrogen (secondary N) is 2. The van der Waals surface area contributed by atoms with Crippen molar-refractivity contribution in [3.05, 3.63) is 137 Å². The van der Waals surface area contributed by atoms with Crippen molar-refractivity contribution < 1.29 is 9.18 Å². The van der Waals surface area contributed by atoms with Gasteiger partial charge in [0.25, 0.3) is 5.91 Å². The molecular formula is C40H46FN5O. The number of likely N-dealkylation sites (tertiary alicyclic amines) is 1. The highest BCUT2D eigenvalue weighted by atomic mass is 19.1. The molecule has 2 bridgehead atoms. The number of benzene rings is 1. The Morgan fingerprint density at radius 3 is 2.55 bits per heavy atom. The molecule has 4 heterocycles. The molecule has 0 saturated carbocycles. The molecule has 3 aliphatic heterocycles. The van der Waals surface area contributed by atoms with E-state index in [0.29, 0.717) is 40.2 Å². The maximum Gasteiger partial charge on any atom is 0.257 e. The fourth-order valence-corrected chi connectivity index (χ4v) is 6.49. The first-order valence-electron chi connectivity index (χ1n) is 16.5. The molecule has 1 aromatic heterocycles. The Morgan fingerprint density at radius 1 is 1.13 bits per heavy atom. The Labute approximate surface area is 279 Å². The van der Waals surface area contributed by atoms with Gasteiger partial charge in [-0.3, -0.25) is 9.78 Å². The zero-order chi connectivity index (χ0) is 33.5. The summed E-state index contributed by atoms with van der Waals surface area (Å²) in [5.74, 6) is -0.731. The molecule has 1 saturated heterocycles. The number of hydrogen-bond donors (Lipinski definition) is 2. The van der Waals surface area contributed by atoms with Gasteiger partial charge in [-0.05, 0) is 125 Å². The van der Waals surface area contributed by atoms with Crippen LogP contribution in [-0.4, -0.2) is 42.0 Å². The molecule has 0 radical (unpaired) electrons. The van der Waals surface area contributed by atoms with E-state index in [0.717, 1.165) is 59.7 Å². The van der Waals surface area contributed by atoms with Crippen LogP contribution in [0.15, 0.2) is 120 Å². The van der Waals surface area contributed by atoms with Gasteiger partial charge in [0.1, 0.15) is 5.83 Å². The van der Waals surface area contributed by atoms with Gasteiger partial charge in [0.15, 0.2) is 0 Å². The summed E-state index contributed by atoms with van der Waals surface area (Å²) in [6.07, 6.45) is 19.1. The second-order valence-electron chi connectivity index (χ2n) is 12.2. The normalized spacial score (nSPS) is 20.9. The van der Waals surface area contributed by atoms with Gasteiger partial charge >= 0.3 is 0 Å². The lowest BCUT2D eigenvalue weighted by molar-refractivity contribution is -0.112. The minimum absolute atomic E-state index is 0.330. The highest BCUT2D eigenvalue weighted by Crippen LogP contribution is 2.44. The summed E-state index contributed by atoms with van der Waals surface area (Å²) >= 11 is 0. The van der Waals surface area contributed by atoms with E-state index in [9.17, 15) is 4.79 Å².